The number of carbonyl (C=O) groups is 1. The lowest BCUT2D eigenvalue weighted by Gasteiger charge is -2.30. The van der Waals surface area contributed by atoms with Crippen molar-refractivity contribution in [3.8, 4) is 6.07 Å². The lowest BCUT2D eigenvalue weighted by atomic mass is 9.75. The Labute approximate surface area is 158 Å². The SMILES string of the molecule is CSc1ccccc1NC(=O)[C@H]1[C@H]2CC[C@H](C2)[C@H]1c1ccc(C#N)cc1. The summed E-state index contributed by atoms with van der Waals surface area (Å²) in [5, 5.41) is 12.2. The molecule has 26 heavy (non-hydrogen) atoms. The number of thioether (sulfide) groups is 1. The van der Waals surface area contributed by atoms with Gasteiger partial charge >= 0.3 is 0 Å². The quantitative estimate of drug-likeness (QED) is 0.775. The number of nitriles is 1. The molecule has 2 aromatic rings. The van der Waals surface area contributed by atoms with Crippen LogP contribution >= 0.6 is 11.8 Å². The monoisotopic (exact) mass is 362 g/mol. The molecule has 0 aromatic heterocycles. The Kier molecular flexibility index (Phi) is 4.74. The molecule has 2 aliphatic rings. The number of para-hydroxylation sites is 1. The largest absolute Gasteiger partial charge is 0.325 e. The predicted octanol–water partition coefficient (Wildman–Crippen LogP) is 5.05. The van der Waals surface area contributed by atoms with Crippen molar-refractivity contribution in [1.82, 2.24) is 0 Å². The standard InChI is InChI=1S/C22H22N2OS/c1-26-19-5-3-2-4-18(19)24-22(25)21-17-11-10-16(12-17)20(21)15-8-6-14(13-23)7-9-15/h2-9,16-17,20-21H,10-12H2,1H3,(H,24,25)/t16-,17+,20-,21+/m1/s1. The lowest BCUT2D eigenvalue weighted by Crippen LogP contribution is -2.32. The number of rotatable bonds is 4. The van der Waals surface area contributed by atoms with Gasteiger partial charge in [-0.2, -0.15) is 5.26 Å². The normalized spacial score (nSPS) is 26.5. The number of nitrogens with zero attached hydrogens (tertiary/aromatic N) is 1. The summed E-state index contributed by atoms with van der Waals surface area (Å²) in [7, 11) is 0. The van der Waals surface area contributed by atoms with Gasteiger partial charge in [0.15, 0.2) is 0 Å². The van der Waals surface area contributed by atoms with Crippen molar-refractivity contribution in [3.05, 3.63) is 59.7 Å². The van der Waals surface area contributed by atoms with E-state index in [0.29, 0.717) is 17.4 Å². The summed E-state index contributed by atoms with van der Waals surface area (Å²) in [5.74, 6) is 1.49. The first-order valence-corrected chi connectivity index (χ1v) is 10.4. The molecular weight excluding hydrogens is 340 g/mol. The van der Waals surface area contributed by atoms with Crippen LogP contribution in [-0.2, 0) is 4.79 Å². The van der Waals surface area contributed by atoms with Gasteiger partial charge < -0.3 is 5.32 Å². The Morgan fingerprint density at radius 3 is 2.58 bits per heavy atom. The van der Waals surface area contributed by atoms with Crippen LogP contribution in [0.3, 0.4) is 0 Å². The Morgan fingerprint density at radius 1 is 1.12 bits per heavy atom. The molecule has 3 nitrogen and oxygen atoms in total. The number of carbonyl (C=O) groups excluding carboxylic acids is 1. The fourth-order valence-electron chi connectivity index (χ4n) is 4.89. The second-order valence-electron chi connectivity index (χ2n) is 7.31. The van der Waals surface area contributed by atoms with E-state index in [2.05, 4.69) is 11.4 Å². The Morgan fingerprint density at radius 2 is 1.85 bits per heavy atom. The zero-order valence-electron chi connectivity index (χ0n) is 14.8. The van der Waals surface area contributed by atoms with Crippen molar-refractivity contribution in [2.24, 2.45) is 17.8 Å². The second kappa shape index (κ2) is 7.17. The molecular formula is C22H22N2OS. The van der Waals surface area contributed by atoms with Gasteiger partial charge in [0.2, 0.25) is 5.91 Å². The molecule has 1 N–H and O–H groups in total. The third kappa shape index (κ3) is 3.01. The van der Waals surface area contributed by atoms with Gasteiger partial charge in [0.25, 0.3) is 0 Å². The van der Waals surface area contributed by atoms with Crippen LogP contribution in [0.15, 0.2) is 53.4 Å². The van der Waals surface area contributed by atoms with Gasteiger partial charge in [0.1, 0.15) is 0 Å². The van der Waals surface area contributed by atoms with Gasteiger partial charge in [-0.05, 0) is 73.1 Å². The van der Waals surface area contributed by atoms with Gasteiger partial charge in [-0.3, -0.25) is 4.79 Å². The topological polar surface area (TPSA) is 52.9 Å². The molecule has 2 fully saturated rings. The third-order valence-corrected chi connectivity index (χ3v) is 6.80. The van der Waals surface area contributed by atoms with E-state index in [1.807, 2.05) is 54.8 Å². The zero-order chi connectivity index (χ0) is 18.1. The summed E-state index contributed by atoms with van der Waals surface area (Å²) in [4.78, 5) is 14.3. The van der Waals surface area contributed by atoms with Gasteiger partial charge in [0.05, 0.1) is 17.3 Å². The van der Waals surface area contributed by atoms with E-state index in [0.717, 1.165) is 23.4 Å². The minimum Gasteiger partial charge on any atom is -0.325 e. The Balaban J connectivity index is 1.60. The first-order valence-electron chi connectivity index (χ1n) is 9.15. The maximum absolute atomic E-state index is 13.2. The number of anilines is 1. The Hall–Kier alpha value is -2.25. The van der Waals surface area contributed by atoms with Crippen LogP contribution in [-0.4, -0.2) is 12.2 Å². The summed E-state index contributed by atoms with van der Waals surface area (Å²) < 4.78 is 0. The maximum Gasteiger partial charge on any atom is 0.228 e. The van der Waals surface area contributed by atoms with Crippen LogP contribution < -0.4 is 5.32 Å². The molecule has 4 heteroatoms. The van der Waals surface area contributed by atoms with Gasteiger partial charge in [0, 0.05) is 10.8 Å². The molecule has 2 aliphatic carbocycles. The maximum atomic E-state index is 13.2. The van der Waals surface area contributed by atoms with Crippen molar-refractivity contribution in [1.29, 1.82) is 5.26 Å². The summed E-state index contributed by atoms with van der Waals surface area (Å²) in [6.07, 6.45) is 5.54. The fraction of sp³-hybridized carbons (Fsp3) is 0.364. The molecule has 0 radical (unpaired) electrons. The van der Waals surface area contributed by atoms with E-state index in [-0.39, 0.29) is 17.7 Å². The van der Waals surface area contributed by atoms with Crippen LogP contribution in [0.4, 0.5) is 5.69 Å². The molecule has 4 atom stereocenters. The summed E-state index contributed by atoms with van der Waals surface area (Å²) >= 11 is 1.65. The number of nitrogens with one attached hydrogen (secondary N) is 1. The molecule has 4 rings (SSSR count). The highest BCUT2D eigenvalue weighted by molar-refractivity contribution is 7.98. The smallest absolute Gasteiger partial charge is 0.228 e. The van der Waals surface area contributed by atoms with E-state index in [9.17, 15) is 4.79 Å². The van der Waals surface area contributed by atoms with E-state index < -0.39 is 0 Å². The molecule has 132 valence electrons. The molecule has 0 spiro atoms. The first-order chi connectivity index (χ1) is 12.7. The molecule has 0 heterocycles. The van der Waals surface area contributed by atoms with Crippen LogP contribution in [0.25, 0.3) is 0 Å². The Bertz CT molecular complexity index is 855. The van der Waals surface area contributed by atoms with E-state index in [1.165, 1.54) is 12.0 Å². The molecule has 2 aromatic carbocycles. The van der Waals surface area contributed by atoms with Crippen molar-refractivity contribution in [2.75, 3.05) is 11.6 Å². The first kappa shape index (κ1) is 17.2. The van der Waals surface area contributed by atoms with Crippen molar-refractivity contribution < 1.29 is 4.79 Å². The summed E-state index contributed by atoms with van der Waals surface area (Å²) in [6, 6.07) is 18.0. The van der Waals surface area contributed by atoms with Crippen molar-refractivity contribution in [3.63, 3.8) is 0 Å². The van der Waals surface area contributed by atoms with Gasteiger partial charge in [-0.1, -0.05) is 24.3 Å². The molecule has 2 bridgehead atoms. The molecule has 0 saturated heterocycles. The molecule has 0 unspecified atom stereocenters. The summed E-state index contributed by atoms with van der Waals surface area (Å²) in [5.41, 5.74) is 2.78. The third-order valence-electron chi connectivity index (χ3n) is 6.01. The fourth-order valence-corrected chi connectivity index (χ4v) is 5.45. The zero-order valence-corrected chi connectivity index (χ0v) is 15.6. The highest BCUT2D eigenvalue weighted by Gasteiger charge is 2.51. The highest BCUT2D eigenvalue weighted by atomic mass is 32.2. The van der Waals surface area contributed by atoms with Crippen LogP contribution in [0.1, 0.15) is 36.3 Å². The highest BCUT2D eigenvalue weighted by Crippen LogP contribution is 2.57. The average Bonchev–Trinajstić information content (AvgIpc) is 3.30. The number of hydrogen-bond acceptors (Lipinski definition) is 3. The van der Waals surface area contributed by atoms with Crippen molar-refractivity contribution >= 4 is 23.4 Å². The number of fused-ring (bicyclic) bond motifs is 2. The van der Waals surface area contributed by atoms with Gasteiger partial charge in [-0.15, -0.1) is 11.8 Å². The van der Waals surface area contributed by atoms with Crippen LogP contribution in [0, 0.1) is 29.1 Å². The molecule has 2 saturated carbocycles. The average molecular weight is 362 g/mol. The molecule has 1 amide bonds. The summed E-state index contributed by atoms with van der Waals surface area (Å²) in [6.45, 7) is 0. The van der Waals surface area contributed by atoms with E-state index >= 15 is 0 Å². The molecule has 0 aliphatic heterocycles. The van der Waals surface area contributed by atoms with Crippen molar-refractivity contribution in [2.45, 2.75) is 30.1 Å². The number of hydrogen-bond donors (Lipinski definition) is 1. The number of benzene rings is 2. The lowest BCUT2D eigenvalue weighted by molar-refractivity contribution is -0.121. The predicted molar refractivity (Wildman–Crippen MR) is 105 cm³/mol. The van der Waals surface area contributed by atoms with E-state index in [1.54, 1.807) is 11.8 Å². The van der Waals surface area contributed by atoms with Crippen LogP contribution in [0.2, 0.25) is 0 Å². The second-order valence-corrected chi connectivity index (χ2v) is 8.16. The minimum atomic E-state index is 0.0246. The minimum absolute atomic E-state index is 0.0246. The number of amides is 1. The van der Waals surface area contributed by atoms with Crippen LogP contribution in [0.5, 0.6) is 0 Å². The van der Waals surface area contributed by atoms with E-state index in [4.69, 9.17) is 5.26 Å². The van der Waals surface area contributed by atoms with Gasteiger partial charge in [-0.25, -0.2) is 0 Å².